The van der Waals surface area contributed by atoms with Crippen molar-refractivity contribution in [3.8, 4) is 0 Å². The van der Waals surface area contributed by atoms with Gasteiger partial charge in [-0.2, -0.15) is 0 Å². The van der Waals surface area contributed by atoms with Crippen LogP contribution in [0.5, 0.6) is 0 Å². The Morgan fingerprint density at radius 3 is 2.90 bits per heavy atom. The van der Waals surface area contributed by atoms with Gasteiger partial charge in [-0.25, -0.2) is 4.98 Å². The van der Waals surface area contributed by atoms with Crippen LogP contribution in [0.4, 0.5) is 5.13 Å². The van der Waals surface area contributed by atoms with Crippen LogP contribution in [0.25, 0.3) is 21.1 Å². The maximum atomic E-state index is 12.4. The van der Waals surface area contributed by atoms with E-state index in [0.29, 0.717) is 10.7 Å². The Kier molecular flexibility index (Phi) is 2.72. The summed E-state index contributed by atoms with van der Waals surface area (Å²) in [7, 11) is 0. The molecule has 2 aromatic carbocycles. The van der Waals surface area contributed by atoms with Crippen molar-refractivity contribution in [2.75, 3.05) is 5.32 Å². The van der Waals surface area contributed by atoms with Crippen LogP contribution >= 0.6 is 11.3 Å². The number of para-hydroxylation sites is 2. The summed E-state index contributed by atoms with van der Waals surface area (Å²) < 4.78 is 1.06. The van der Waals surface area contributed by atoms with Crippen molar-refractivity contribution in [2.45, 2.75) is 0 Å². The molecule has 0 fully saturated rings. The number of anilines is 1. The number of carbonyl (C=O) groups is 1. The van der Waals surface area contributed by atoms with Gasteiger partial charge in [-0.05, 0) is 24.3 Å². The molecule has 2 heterocycles. The van der Waals surface area contributed by atoms with Crippen LogP contribution in [0.1, 0.15) is 10.4 Å². The van der Waals surface area contributed by atoms with Crippen LogP contribution in [0.3, 0.4) is 0 Å². The van der Waals surface area contributed by atoms with Crippen molar-refractivity contribution < 1.29 is 4.79 Å². The number of thiazole rings is 1. The number of hydrogen-bond donors (Lipinski definition) is 2. The number of nitrogens with one attached hydrogen (secondary N) is 2. The monoisotopic (exact) mass is 293 g/mol. The predicted molar refractivity (Wildman–Crippen MR) is 85.9 cm³/mol. The first-order chi connectivity index (χ1) is 10.3. The van der Waals surface area contributed by atoms with Crippen molar-refractivity contribution in [3.63, 3.8) is 0 Å². The molecule has 2 aromatic heterocycles. The Morgan fingerprint density at radius 2 is 2.00 bits per heavy atom. The van der Waals surface area contributed by atoms with Gasteiger partial charge >= 0.3 is 0 Å². The second-order valence-electron chi connectivity index (χ2n) is 4.69. The lowest BCUT2D eigenvalue weighted by Gasteiger charge is -2.03. The van der Waals surface area contributed by atoms with Gasteiger partial charge in [0.25, 0.3) is 5.91 Å². The van der Waals surface area contributed by atoms with Crippen molar-refractivity contribution >= 4 is 43.5 Å². The highest BCUT2D eigenvalue weighted by atomic mass is 32.1. The first-order valence-corrected chi connectivity index (χ1v) is 7.36. The fraction of sp³-hybridized carbons (Fsp3) is 0. The van der Waals surface area contributed by atoms with Crippen LogP contribution in [0.2, 0.25) is 0 Å². The summed E-state index contributed by atoms with van der Waals surface area (Å²) in [6.07, 6.45) is 1.83. The molecule has 102 valence electrons. The SMILES string of the molecule is O=C(Nc1nc2ccccc2s1)c1cccc2cc[nH]c12. The van der Waals surface area contributed by atoms with Crippen LogP contribution in [-0.2, 0) is 0 Å². The average molecular weight is 293 g/mol. The molecular formula is C16H11N3OS. The lowest BCUT2D eigenvalue weighted by molar-refractivity contribution is 0.102. The minimum atomic E-state index is -0.151. The highest BCUT2D eigenvalue weighted by molar-refractivity contribution is 7.22. The largest absolute Gasteiger partial charge is 0.361 e. The van der Waals surface area contributed by atoms with Gasteiger partial charge in [0.2, 0.25) is 0 Å². The fourth-order valence-corrected chi connectivity index (χ4v) is 3.23. The van der Waals surface area contributed by atoms with E-state index in [9.17, 15) is 4.79 Å². The molecule has 0 bridgehead atoms. The normalized spacial score (nSPS) is 11.0. The fourth-order valence-electron chi connectivity index (χ4n) is 2.36. The van der Waals surface area contributed by atoms with E-state index in [4.69, 9.17) is 0 Å². The summed E-state index contributed by atoms with van der Waals surface area (Å²) in [6.45, 7) is 0. The molecule has 0 atom stereocenters. The van der Waals surface area contributed by atoms with Gasteiger partial charge in [-0.3, -0.25) is 10.1 Å². The van der Waals surface area contributed by atoms with Gasteiger partial charge < -0.3 is 4.98 Å². The van der Waals surface area contributed by atoms with Gasteiger partial charge in [0, 0.05) is 11.6 Å². The molecule has 0 aliphatic carbocycles. The Morgan fingerprint density at radius 1 is 1.10 bits per heavy atom. The number of nitrogens with zero attached hydrogens (tertiary/aromatic N) is 1. The lowest BCUT2D eigenvalue weighted by atomic mass is 10.1. The average Bonchev–Trinajstić information content (AvgIpc) is 3.12. The Hall–Kier alpha value is -2.66. The summed E-state index contributed by atoms with van der Waals surface area (Å²) >= 11 is 1.47. The molecule has 2 N–H and O–H groups in total. The topological polar surface area (TPSA) is 57.8 Å². The van der Waals surface area contributed by atoms with E-state index >= 15 is 0 Å². The minimum Gasteiger partial charge on any atom is -0.361 e. The summed E-state index contributed by atoms with van der Waals surface area (Å²) in [6, 6.07) is 15.4. The number of amides is 1. The number of benzene rings is 2. The van der Waals surface area contributed by atoms with Crippen molar-refractivity contribution in [1.29, 1.82) is 0 Å². The highest BCUT2D eigenvalue weighted by Crippen LogP contribution is 2.26. The molecule has 4 aromatic rings. The van der Waals surface area contributed by atoms with Crippen molar-refractivity contribution in [2.24, 2.45) is 0 Å². The number of carbonyl (C=O) groups excluding carboxylic acids is 1. The quantitative estimate of drug-likeness (QED) is 0.586. The van der Waals surface area contributed by atoms with Gasteiger partial charge in [0.05, 0.1) is 21.3 Å². The first kappa shape index (κ1) is 12.1. The second kappa shape index (κ2) is 4.71. The van der Waals surface area contributed by atoms with Crippen LogP contribution in [0, 0.1) is 0 Å². The number of aromatic amines is 1. The Balaban J connectivity index is 1.70. The van der Waals surface area contributed by atoms with E-state index in [1.165, 1.54) is 11.3 Å². The summed E-state index contributed by atoms with van der Waals surface area (Å²) in [5, 5.41) is 4.51. The molecule has 5 heteroatoms. The summed E-state index contributed by atoms with van der Waals surface area (Å²) in [5.41, 5.74) is 2.36. The number of H-pyrrole nitrogens is 1. The van der Waals surface area contributed by atoms with Crippen LogP contribution in [0.15, 0.2) is 54.7 Å². The molecule has 0 unspecified atom stereocenters. The zero-order chi connectivity index (χ0) is 14.2. The molecule has 4 nitrogen and oxygen atoms in total. The van der Waals surface area contributed by atoms with Crippen molar-refractivity contribution in [3.05, 3.63) is 60.3 Å². The molecule has 0 radical (unpaired) electrons. The maximum Gasteiger partial charge on any atom is 0.259 e. The zero-order valence-electron chi connectivity index (χ0n) is 11.0. The molecule has 0 aliphatic rings. The number of fused-ring (bicyclic) bond motifs is 2. The van der Waals surface area contributed by atoms with Crippen LogP contribution in [-0.4, -0.2) is 15.9 Å². The standard InChI is InChI=1S/C16H11N3OS/c20-15(11-5-3-4-10-8-9-17-14(10)11)19-16-18-12-6-1-2-7-13(12)21-16/h1-9,17H,(H,18,19,20). The van der Waals surface area contributed by atoms with E-state index < -0.39 is 0 Å². The lowest BCUT2D eigenvalue weighted by Crippen LogP contribution is -2.12. The Labute approximate surface area is 124 Å². The number of rotatable bonds is 2. The van der Waals surface area contributed by atoms with Crippen molar-refractivity contribution in [1.82, 2.24) is 9.97 Å². The molecule has 21 heavy (non-hydrogen) atoms. The van der Waals surface area contributed by atoms with E-state index in [0.717, 1.165) is 21.1 Å². The summed E-state index contributed by atoms with van der Waals surface area (Å²) in [4.78, 5) is 20.0. The van der Waals surface area contributed by atoms with E-state index in [2.05, 4.69) is 15.3 Å². The summed E-state index contributed by atoms with van der Waals surface area (Å²) in [5.74, 6) is -0.151. The van der Waals surface area contributed by atoms with Crippen LogP contribution < -0.4 is 5.32 Å². The Bertz CT molecular complexity index is 921. The minimum absolute atomic E-state index is 0.151. The third-order valence-electron chi connectivity index (χ3n) is 3.35. The number of hydrogen-bond acceptors (Lipinski definition) is 3. The molecule has 0 saturated carbocycles. The third kappa shape index (κ3) is 2.08. The smallest absolute Gasteiger partial charge is 0.259 e. The number of aromatic nitrogens is 2. The molecule has 0 spiro atoms. The molecular weight excluding hydrogens is 282 g/mol. The van der Waals surface area contributed by atoms with E-state index in [1.54, 1.807) is 0 Å². The van der Waals surface area contributed by atoms with Gasteiger partial charge in [-0.1, -0.05) is 35.6 Å². The van der Waals surface area contributed by atoms with Gasteiger partial charge in [0.1, 0.15) is 0 Å². The van der Waals surface area contributed by atoms with E-state index in [-0.39, 0.29) is 5.91 Å². The molecule has 1 amide bonds. The zero-order valence-corrected chi connectivity index (χ0v) is 11.8. The predicted octanol–water partition coefficient (Wildman–Crippen LogP) is 4.03. The molecule has 0 saturated heterocycles. The van der Waals surface area contributed by atoms with Gasteiger partial charge in [-0.15, -0.1) is 0 Å². The second-order valence-corrected chi connectivity index (χ2v) is 5.72. The highest BCUT2D eigenvalue weighted by Gasteiger charge is 2.13. The first-order valence-electron chi connectivity index (χ1n) is 6.54. The van der Waals surface area contributed by atoms with Gasteiger partial charge in [0.15, 0.2) is 5.13 Å². The third-order valence-corrected chi connectivity index (χ3v) is 4.30. The molecule has 0 aliphatic heterocycles. The maximum absolute atomic E-state index is 12.4. The van der Waals surface area contributed by atoms with E-state index in [1.807, 2.05) is 54.7 Å². The molecule has 4 rings (SSSR count).